The molecule has 0 aliphatic carbocycles. The van der Waals surface area contributed by atoms with E-state index in [-0.39, 0.29) is 21.4 Å². The summed E-state index contributed by atoms with van der Waals surface area (Å²) in [6, 6.07) is 10.7. The van der Waals surface area contributed by atoms with Crippen molar-refractivity contribution in [3.63, 3.8) is 0 Å². The number of fused-ring (bicyclic) bond motifs is 1. The Labute approximate surface area is 196 Å². The molecule has 2 aromatic carbocycles. The summed E-state index contributed by atoms with van der Waals surface area (Å²) >= 11 is 0. The molecule has 0 radical (unpaired) electrons. The molecule has 12 heteroatoms. The zero-order valence-corrected chi connectivity index (χ0v) is 20.3. The fourth-order valence-electron chi connectivity index (χ4n) is 3.25. The van der Waals surface area contributed by atoms with Crippen molar-refractivity contribution in [1.29, 1.82) is 5.26 Å². The summed E-state index contributed by atoms with van der Waals surface area (Å²) in [5, 5.41) is 9.50. The minimum absolute atomic E-state index is 0.0257. The molecule has 34 heavy (non-hydrogen) atoms. The standard InChI is InChI=1S/C22H21FN4O5S2/c1-14-5-7-17(8-6-14)34(31,32)27-20-11-19(25-33(4,29)30)18(23)9-15(20)10-21(27)22(28)16(12-24)13-26(2)3/h5-11,13,25H,1-4H3. The molecule has 9 nitrogen and oxygen atoms in total. The van der Waals surface area contributed by atoms with Gasteiger partial charge in [-0.05, 0) is 37.3 Å². The molecule has 0 saturated heterocycles. The lowest BCUT2D eigenvalue weighted by molar-refractivity contribution is 0.103. The van der Waals surface area contributed by atoms with Gasteiger partial charge in [-0.15, -0.1) is 0 Å². The molecule has 0 aliphatic heterocycles. The van der Waals surface area contributed by atoms with Crippen LogP contribution in [-0.2, 0) is 20.0 Å². The van der Waals surface area contributed by atoms with E-state index < -0.39 is 43.0 Å². The second-order valence-corrected chi connectivity index (χ2v) is 11.4. The predicted octanol–water partition coefficient (Wildman–Crippen LogP) is 2.85. The summed E-state index contributed by atoms with van der Waals surface area (Å²) in [7, 11) is -5.13. The quantitative estimate of drug-likeness (QED) is 0.298. The number of nitrogens with zero attached hydrogens (tertiary/aromatic N) is 3. The number of nitriles is 1. The van der Waals surface area contributed by atoms with Crippen molar-refractivity contribution in [3.05, 3.63) is 71.3 Å². The number of carbonyl (C=O) groups excluding carboxylic acids is 1. The number of carbonyl (C=O) groups is 1. The molecule has 0 spiro atoms. The van der Waals surface area contributed by atoms with Crippen molar-refractivity contribution in [2.75, 3.05) is 25.1 Å². The van der Waals surface area contributed by atoms with Crippen LogP contribution < -0.4 is 4.72 Å². The van der Waals surface area contributed by atoms with Gasteiger partial charge >= 0.3 is 0 Å². The van der Waals surface area contributed by atoms with Crippen LogP contribution in [0, 0.1) is 24.1 Å². The topological polar surface area (TPSA) is 129 Å². The molecule has 0 bridgehead atoms. The fraction of sp³-hybridized carbons (Fsp3) is 0.182. The van der Waals surface area contributed by atoms with E-state index in [4.69, 9.17) is 0 Å². The van der Waals surface area contributed by atoms with Gasteiger partial charge in [-0.1, -0.05) is 17.7 Å². The van der Waals surface area contributed by atoms with Gasteiger partial charge in [0.1, 0.15) is 23.2 Å². The number of ketones is 1. The van der Waals surface area contributed by atoms with Crippen molar-refractivity contribution < 1.29 is 26.0 Å². The van der Waals surface area contributed by atoms with Crippen LogP contribution in [-0.4, -0.2) is 51.8 Å². The van der Waals surface area contributed by atoms with Crippen molar-refractivity contribution in [2.24, 2.45) is 0 Å². The molecule has 1 N–H and O–H groups in total. The van der Waals surface area contributed by atoms with Gasteiger partial charge in [0.25, 0.3) is 10.0 Å². The van der Waals surface area contributed by atoms with Crippen LogP contribution in [0.1, 0.15) is 16.1 Å². The number of aryl methyl sites for hydroxylation is 1. The Morgan fingerprint density at radius 1 is 1.12 bits per heavy atom. The van der Waals surface area contributed by atoms with Gasteiger partial charge in [0.2, 0.25) is 15.8 Å². The number of rotatable bonds is 7. The van der Waals surface area contributed by atoms with Crippen LogP contribution in [0.5, 0.6) is 0 Å². The Bertz CT molecular complexity index is 1580. The number of sulfonamides is 1. The lowest BCUT2D eigenvalue weighted by Crippen LogP contribution is -2.20. The number of hydrogen-bond donors (Lipinski definition) is 1. The number of halogens is 1. The Morgan fingerprint density at radius 2 is 1.74 bits per heavy atom. The third-order valence-electron chi connectivity index (χ3n) is 4.69. The summed E-state index contributed by atoms with van der Waals surface area (Å²) < 4.78 is 67.9. The molecule has 0 fully saturated rings. The Hall–Kier alpha value is -3.69. The van der Waals surface area contributed by atoms with Crippen molar-refractivity contribution in [1.82, 2.24) is 8.87 Å². The maximum atomic E-state index is 14.6. The first-order valence-corrected chi connectivity index (χ1v) is 13.1. The number of nitrogens with one attached hydrogen (secondary N) is 1. The average Bonchev–Trinajstić information content (AvgIpc) is 3.09. The SMILES string of the molecule is Cc1ccc(S(=O)(=O)n2c(C(=O)C(C#N)=CN(C)C)cc3cc(F)c(NS(C)(=O)=O)cc32)cc1. The number of allylic oxidation sites excluding steroid dienone is 1. The first-order chi connectivity index (χ1) is 15.7. The molecule has 3 rings (SSSR count). The van der Waals surface area contributed by atoms with Gasteiger partial charge in [-0.3, -0.25) is 9.52 Å². The summed E-state index contributed by atoms with van der Waals surface area (Å²) in [6.45, 7) is 1.77. The van der Waals surface area contributed by atoms with Crippen molar-refractivity contribution >= 4 is 42.4 Å². The first-order valence-electron chi connectivity index (χ1n) is 9.72. The van der Waals surface area contributed by atoms with Gasteiger partial charge in [0, 0.05) is 25.7 Å². The van der Waals surface area contributed by atoms with Gasteiger partial charge < -0.3 is 4.90 Å². The summed E-state index contributed by atoms with van der Waals surface area (Å²) in [5.74, 6) is -1.87. The van der Waals surface area contributed by atoms with Gasteiger partial charge in [0.05, 0.1) is 22.4 Å². The normalized spacial score (nSPS) is 12.4. The zero-order chi connectivity index (χ0) is 25.4. The van der Waals surface area contributed by atoms with Crippen LogP contribution in [0.4, 0.5) is 10.1 Å². The summed E-state index contributed by atoms with van der Waals surface area (Å²) in [5.41, 5.74) is -0.574. The lowest BCUT2D eigenvalue weighted by atomic mass is 10.1. The van der Waals surface area contributed by atoms with Gasteiger partial charge in [0.15, 0.2) is 0 Å². The second-order valence-electron chi connectivity index (χ2n) is 7.82. The Kier molecular flexibility index (Phi) is 6.55. The van der Waals surface area contributed by atoms with E-state index in [1.54, 1.807) is 39.2 Å². The third-order valence-corrected chi connectivity index (χ3v) is 7.02. The molecule has 1 aromatic heterocycles. The lowest BCUT2D eigenvalue weighted by Gasteiger charge is -2.13. The third kappa shape index (κ3) is 4.95. The number of Topliss-reactive ketones (excluding diaryl/α,β-unsaturated/α-hetero) is 1. The van der Waals surface area contributed by atoms with E-state index in [0.29, 0.717) is 3.97 Å². The highest BCUT2D eigenvalue weighted by molar-refractivity contribution is 7.92. The maximum Gasteiger partial charge on any atom is 0.268 e. The van der Waals surface area contributed by atoms with Crippen LogP contribution in [0.2, 0.25) is 0 Å². The number of anilines is 1. The van der Waals surface area contributed by atoms with Crippen LogP contribution in [0.25, 0.3) is 10.9 Å². The Balaban J connectivity index is 2.41. The molecule has 0 amide bonds. The second kappa shape index (κ2) is 8.92. The molecular formula is C22H21FN4O5S2. The monoisotopic (exact) mass is 504 g/mol. The minimum atomic E-state index is -4.41. The smallest absolute Gasteiger partial charge is 0.268 e. The van der Waals surface area contributed by atoms with E-state index in [2.05, 4.69) is 0 Å². The fourth-order valence-corrected chi connectivity index (χ4v) is 5.31. The van der Waals surface area contributed by atoms with E-state index in [1.807, 2.05) is 4.72 Å². The van der Waals surface area contributed by atoms with E-state index in [1.165, 1.54) is 23.2 Å². The van der Waals surface area contributed by atoms with Crippen molar-refractivity contribution in [3.8, 4) is 6.07 Å². The van der Waals surface area contributed by atoms with E-state index in [0.717, 1.165) is 30.0 Å². The predicted molar refractivity (Wildman–Crippen MR) is 126 cm³/mol. The minimum Gasteiger partial charge on any atom is -0.382 e. The molecule has 3 aromatic rings. The van der Waals surface area contributed by atoms with Crippen molar-refractivity contribution in [2.45, 2.75) is 11.8 Å². The summed E-state index contributed by atoms with van der Waals surface area (Å²) in [4.78, 5) is 14.5. The highest BCUT2D eigenvalue weighted by Gasteiger charge is 2.29. The highest BCUT2D eigenvalue weighted by atomic mass is 32.2. The molecule has 0 saturated carbocycles. The van der Waals surface area contributed by atoms with Crippen LogP contribution in [0.15, 0.2) is 59.1 Å². The molecule has 0 aliphatic rings. The molecule has 0 atom stereocenters. The van der Waals surface area contributed by atoms with Crippen LogP contribution in [0.3, 0.4) is 0 Å². The first kappa shape index (κ1) is 24.9. The molecule has 178 valence electrons. The highest BCUT2D eigenvalue weighted by Crippen LogP contribution is 2.31. The number of benzene rings is 2. The van der Waals surface area contributed by atoms with Crippen LogP contribution >= 0.6 is 0 Å². The van der Waals surface area contributed by atoms with E-state index >= 15 is 0 Å². The average molecular weight is 505 g/mol. The van der Waals surface area contributed by atoms with Gasteiger partial charge in [-0.2, -0.15) is 5.26 Å². The molecule has 1 heterocycles. The zero-order valence-electron chi connectivity index (χ0n) is 18.7. The maximum absolute atomic E-state index is 14.6. The number of hydrogen-bond acceptors (Lipinski definition) is 7. The van der Waals surface area contributed by atoms with E-state index in [9.17, 15) is 31.3 Å². The molecule has 0 unspecified atom stereocenters. The Morgan fingerprint density at radius 3 is 2.26 bits per heavy atom. The number of aromatic nitrogens is 1. The van der Waals surface area contributed by atoms with Gasteiger partial charge in [-0.25, -0.2) is 25.2 Å². The summed E-state index contributed by atoms with van der Waals surface area (Å²) in [6.07, 6.45) is 2.05. The molecular weight excluding hydrogens is 483 g/mol. The largest absolute Gasteiger partial charge is 0.382 e.